The third-order valence-electron chi connectivity index (χ3n) is 4.14. The molecule has 1 aliphatic heterocycles. The van der Waals surface area contributed by atoms with Crippen LogP contribution >= 0.6 is 0 Å². The molecule has 1 aromatic heterocycles. The fourth-order valence-corrected chi connectivity index (χ4v) is 2.98. The highest BCUT2D eigenvalue weighted by molar-refractivity contribution is 5.85. The van der Waals surface area contributed by atoms with Crippen LogP contribution in [-0.2, 0) is 16.0 Å². The number of likely N-dealkylation sites (tertiary alicyclic amines) is 1. The van der Waals surface area contributed by atoms with E-state index in [2.05, 4.69) is 9.97 Å². The minimum atomic E-state index is -0.887. The molecule has 7 heteroatoms. The van der Waals surface area contributed by atoms with Gasteiger partial charge in [-0.15, -0.1) is 0 Å². The number of nitrogens with zero attached hydrogens (tertiary/aromatic N) is 3. The fourth-order valence-electron chi connectivity index (χ4n) is 2.98. The Balaban J connectivity index is 2.15. The number of carbonyl (C=O) groups is 2. The van der Waals surface area contributed by atoms with Crippen LogP contribution in [-0.4, -0.2) is 50.5 Å². The number of amides is 1. The number of aryl methyl sites for hydroxylation is 2. The highest BCUT2D eigenvalue weighted by atomic mass is 16.4. The quantitative estimate of drug-likeness (QED) is 0.838. The summed E-state index contributed by atoms with van der Waals surface area (Å²) in [6.45, 7) is 6.57. The van der Waals surface area contributed by atoms with Gasteiger partial charge in [-0.05, 0) is 39.7 Å². The molecule has 0 aromatic carbocycles. The van der Waals surface area contributed by atoms with Gasteiger partial charge in [-0.1, -0.05) is 0 Å². The molecular weight excluding hydrogens is 308 g/mol. The molecule has 2 rings (SSSR count). The number of hydrogen-bond donors (Lipinski definition) is 2. The highest BCUT2D eigenvalue weighted by Gasteiger charge is 2.32. The van der Waals surface area contributed by atoms with Gasteiger partial charge < -0.3 is 15.7 Å². The van der Waals surface area contributed by atoms with E-state index in [0.717, 1.165) is 24.2 Å². The zero-order valence-electron chi connectivity index (χ0n) is 14.6. The van der Waals surface area contributed by atoms with Crippen molar-refractivity contribution in [1.29, 1.82) is 0 Å². The lowest BCUT2D eigenvalue weighted by Gasteiger charge is -2.35. The second kappa shape index (κ2) is 7.25. The molecule has 2 heterocycles. The van der Waals surface area contributed by atoms with E-state index in [0.29, 0.717) is 25.3 Å². The number of carboxylic acids is 1. The van der Waals surface area contributed by atoms with Crippen LogP contribution in [0.2, 0.25) is 0 Å². The molecule has 1 aromatic rings. The van der Waals surface area contributed by atoms with Crippen molar-refractivity contribution in [2.24, 2.45) is 5.73 Å². The SMILES string of the molecule is Cc1cc(CCC(=O)O)nc(C2CCCN(C(=O)C(C)(C)N)C2)n1. The van der Waals surface area contributed by atoms with E-state index in [-0.39, 0.29) is 18.2 Å². The Kier molecular flexibility index (Phi) is 5.54. The lowest BCUT2D eigenvalue weighted by Crippen LogP contribution is -2.53. The van der Waals surface area contributed by atoms with Gasteiger partial charge >= 0.3 is 5.97 Å². The molecule has 1 aliphatic rings. The Hall–Kier alpha value is -2.02. The van der Waals surface area contributed by atoms with Crippen LogP contribution in [0.5, 0.6) is 0 Å². The van der Waals surface area contributed by atoms with Crippen molar-refractivity contribution < 1.29 is 14.7 Å². The topological polar surface area (TPSA) is 109 Å². The largest absolute Gasteiger partial charge is 0.481 e. The summed E-state index contributed by atoms with van der Waals surface area (Å²) >= 11 is 0. The Labute approximate surface area is 142 Å². The van der Waals surface area contributed by atoms with Gasteiger partial charge in [0.2, 0.25) is 5.91 Å². The molecule has 3 N–H and O–H groups in total. The molecule has 132 valence electrons. The van der Waals surface area contributed by atoms with Crippen LogP contribution in [0, 0.1) is 6.92 Å². The van der Waals surface area contributed by atoms with E-state index in [9.17, 15) is 9.59 Å². The van der Waals surface area contributed by atoms with Crippen molar-refractivity contribution in [3.05, 3.63) is 23.3 Å². The van der Waals surface area contributed by atoms with Gasteiger partial charge in [0.25, 0.3) is 0 Å². The van der Waals surface area contributed by atoms with Crippen LogP contribution < -0.4 is 5.73 Å². The number of aliphatic carboxylic acids is 1. The third-order valence-corrected chi connectivity index (χ3v) is 4.14. The van der Waals surface area contributed by atoms with E-state index < -0.39 is 11.5 Å². The number of hydrogen-bond acceptors (Lipinski definition) is 5. The lowest BCUT2D eigenvalue weighted by molar-refractivity contribution is -0.137. The first kappa shape index (κ1) is 18.3. The Morgan fingerprint density at radius 1 is 1.42 bits per heavy atom. The smallest absolute Gasteiger partial charge is 0.303 e. The summed E-state index contributed by atoms with van der Waals surface area (Å²) in [6, 6.07) is 1.82. The van der Waals surface area contributed by atoms with Crippen LogP contribution in [0.25, 0.3) is 0 Å². The number of carbonyl (C=O) groups excluding carboxylic acids is 1. The summed E-state index contributed by atoms with van der Waals surface area (Å²) in [4.78, 5) is 34.0. The molecule has 1 unspecified atom stereocenters. The summed E-state index contributed by atoms with van der Waals surface area (Å²) in [7, 11) is 0. The standard InChI is InChI=1S/C17H26N4O3/c1-11-9-13(6-7-14(22)23)20-15(19-11)12-5-4-8-21(10-12)16(24)17(2,3)18/h9,12H,4-8,10,18H2,1-3H3,(H,22,23). The van der Waals surface area contributed by atoms with Gasteiger partial charge in [0.05, 0.1) is 12.0 Å². The van der Waals surface area contributed by atoms with Gasteiger partial charge in [-0.25, -0.2) is 9.97 Å². The molecule has 0 spiro atoms. The summed E-state index contributed by atoms with van der Waals surface area (Å²) < 4.78 is 0. The summed E-state index contributed by atoms with van der Waals surface area (Å²) in [5.74, 6) is -0.144. The van der Waals surface area contributed by atoms with E-state index in [4.69, 9.17) is 10.8 Å². The number of rotatable bonds is 5. The van der Waals surface area contributed by atoms with Crippen molar-refractivity contribution in [3.63, 3.8) is 0 Å². The Morgan fingerprint density at radius 3 is 2.75 bits per heavy atom. The number of nitrogens with two attached hydrogens (primary N) is 1. The van der Waals surface area contributed by atoms with Crippen molar-refractivity contribution in [1.82, 2.24) is 14.9 Å². The van der Waals surface area contributed by atoms with Crippen molar-refractivity contribution >= 4 is 11.9 Å². The maximum absolute atomic E-state index is 12.4. The summed E-state index contributed by atoms with van der Waals surface area (Å²) in [6.07, 6.45) is 2.23. The molecule has 1 amide bonds. The van der Waals surface area contributed by atoms with Gasteiger partial charge in [0.1, 0.15) is 5.82 Å². The first-order valence-corrected chi connectivity index (χ1v) is 8.31. The Morgan fingerprint density at radius 2 is 2.12 bits per heavy atom. The maximum Gasteiger partial charge on any atom is 0.303 e. The van der Waals surface area contributed by atoms with Gasteiger partial charge in [-0.3, -0.25) is 9.59 Å². The first-order chi connectivity index (χ1) is 11.2. The monoisotopic (exact) mass is 334 g/mol. The molecule has 0 radical (unpaired) electrons. The normalized spacial score (nSPS) is 18.5. The highest BCUT2D eigenvalue weighted by Crippen LogP contribution is 2.26. The number of piperidine rings is 1. The van der Waals surface area contributed by atoms with Crippen molar-refractivity contribution in [2.45, 2.75) is 57.9 Å². The average molecular weight is 334 g/mol. The van der Waals surface area contributed by atoms with E-state index in [1.165, 1.54) is 0 Å². The van der Waals surface area contributed by atoms with E-state index in [1.54, 1.807) is 18.7 Å². The molecule has 7 nitrogen and oxygen atoms in total. The zero-order chi connectivity index (χ0) is 17.9. The first-order valence-electron chi connectivity index (χ1n) is 8.31. The molecular formula is C17H26N4O3. The van der Waals surface area contributed by atoms with Crippen LogP contribution in [0.1, 0.15) is 56.2 Å². The zero-order valence-corrected chi connectivity index (χ0v) is 14.6. The second-order valence-electron chi connectivity index (χ2n) is 7.06. The molecule has 1 saturated heterocycles. The minimum absolute atomic E-state index is 0.0481. The molecule has 1 atom stereocenters. The van der Waals surface area contributed by atoms with Crippen molar-refractivity contribution in [3.8, 4) is 0 Å². The molecule has 0 saturated carbocycles. The van der Waals surface area contributed by atoms with Crippen LogP contribution in [0.15, 0.2) is 6.07 Å². The predicted molar refractivity (Wildman–Crippen MR) is 89.5 cm³/mol. The molecule has 1 fully saturated rings. The minimum Gasteiger partial charge on any atom is -0.481 e. The summed E-state index contributed by atoms with van der Waals surface area (Å²) in [5.41, 5.74) is 6.61. The average Bonchev–Trinajstić information content (AvgIpc) is 2.51. The fraction of sp³-hybridized carbons (Fsp3) is 0.647. The van der Waals surface area contributed by atoms with E-state index in [1.807, 2.05) is 13.0 Å². The van der Waals surface area contributed by atoms with Gasteiger partial charge in [0.15, 0.2) is 0 Å². The lowest BCUT2D eigenvalue weighted by atomic mass is 9.94. The Bertz CT molecular complexity index is 625. The molecule has 0 bridgehead atoms. The van der Waals surface area contributed by atoms with Crippen LogP contribution in [0.4, 0.5) is 0 Å². The number of aromatic nitrogens is 2. The van der Waals surface area contributed by atoms with E-state index >= 15 is 0 Å². The second-order valence-corrected chi connectivity index (χ2v) is 7.06. The summed E-state index contributed by atoms with van der Waals surface area (Å²) in [5, 5.41) is 8.83. The molecule has 24 heavy (non-hydrogen) atoms. The van der Waals surface area contributed by atoms with Crippen molar-refractivity contribution in [2.75, 3.05) is 13.1 Å². The maximum atomic E-state index is 12.4. The number of carboxylic acid groups (broad SMARTS) is 1. The molecule has 0 aliphatic carbocycles. The third kappa shape index (κ3) is 4.74. The van der Waals surface area contributed by atoms with Gasteiger partial charge in [0, 0.05) is 36.8 Å². The van der Waals surface area contributed by atoms with Crippen LogP contribution in [0.3, 0.4) is 0 Å². The van der Waals surface area contributed by atoms with Gasteiger partial charge in [-0.2, -0.15) is 0 Å². The predicted octanol–water partition coefficient (Wildman–Crippen LogP) is 1.25.